The maximum atomic E-state index is 12.3. The fraction of sp³-hybridized carbons (Fsp3) is 0.278. The average Bonchev–Trinajstić information content (AvgIpc) is 2.54. The Bertz CT molecular complexity index is 879. The zero-order valence-electron chi connectivity index (χ0n) is 12.8. The molecule has 0 spiro atoms. The summed E-state index contributed by atoms with van der Waals surface area (Å²) in [5.41, 5.74) is 0.652. The number of benzene rings is 2. The number of hydrogen-bond acceptors (Lipinski definition) is 3. The fourth-order valence-electron chi connectivity index (χ4n) is 2.90. The lowest BCUT2D eigenvalue weighted by molar-refractivity contribution is -0.910. The van der Waals surface area contributed by atoms with Gasteiger partial charge in [-0.3, -0.25) is 0 Å². The van der Waals surface area contributed by atoms with E-state index < -0.39 is 0 Å². The average molecular weight is 297 g/mol. The van der Waals surface area contributed by atoms with E-state index in [9.17, 15) is 9.90 Å². The third-order valence-corrected chi connectivity index (χ3v) is 4.28. The maximum absolute atomic E-state index is 12.3. The van der Waals surface area contributed by atoms with Gasteiger partial charge in [0.25, 0.3) is 0 Å². The largest absolute Gasteiger partial charge is 0.872 e. The molecule has 0 atom stereocenters. The highest BCUT2D eigenvalue weighted by Gasteiger charge is 2.14. The zero-order valence-corrected chi connectivity index (χ0v) is 12.8. The Morgan fingerprint density at radius 3 is 2.36 bits per heavy atom. The topological polar surface area (TPSA) is 57.7 Å². The first-order valence-corrected chi connectivity index (χ1v) is 7.63. The van der Waals surface area contributed by atoms with Gasteiger partial charge in [-0.1, -0.05) is 36.1 Å². The smallest absolute Gasteiger partial charge is 0.344 e. The van der Waals surface area contributed by atoms with Gasteiger partial charge in [-0.2, -0.15) is 0 Å². The number of nitrogens with one attached hydrogen (secondary N) is 1. The molecule has 0 saturated heterocycles. The number of hydrogen-bond donors (Lipinski definition) is 1. The molecule has 0 fully saturated rings. The SMILES string of the molecule is CC[NH+](CC)Cc1c([O-])ccc2c1oc(=O)c1ccccc12. The van der Waals surface area contributed by atoms with Crippen LogP contribution < -0.4 is 15.6 Å². The summed E-state index contributed by atoms with van der Waals surface area (Å²) >= 11 is 0. The van der Waals surface area contributed by atoms with Gasteiger partial charge in [0, 0.05) is 10.9 Å². The molecule has 0 aliphatic rings. The Hall–Kier alpha value is -2.33. The van der Waals surface area contributed by atoms with E-state index in [2.05, 4.69) is 13.8 Å². The lowest BCUT2D eigenvalue weighted by Crippen LogP contribution is -3.10. The molecule has 114 valence electrons. The molecule has 3 aromatic rings. The van der Waals surface area contributed by atoms with Gasteiger partial charge >= 0.3 is 5.63 Å². The van der Waals surface area contributed by atoms with Crippen LogP contribution in [0.3, 0.4) is 0 Å². The van der Waals surface area contributed by atoms with Gasteiger partial charge in [-0.25, -0.2) is 4.79 Å². The van der Waals surface area contributed by atoms with E-state index in [0.717, 1.165) is 23.9 Å². The normalized spacial score (nSPS) is 11.6. The van der Waals surface area contributed by atoms with Crippen molar-refractivity contribution in [2.24, 2.45) is 0 Å². The first kappa shape index (κ1) is 14.6. The van der Waals surface area contributed by atoms with Crippen LogP contribution in [0.1, 0.15) is 19.4 Å². The molecule has 0 unspecified atom stereocenters. The van der Waals surface area contributed by atoms with Crippen molar-refractivity contribution < 1.29 is 14.4 Å². The van der Waals surface area contributed by atoms with Gasteiger partial charge in [0.15, 0.2) is 0 Å². The molecule has 0 amide bonds. The van der Waals surface area contributed by atoms with Crippen LogP contribution in [0, 0.1) is 0 Å². The van der Waals surface area contributed by atoms with Gasteiger partial charge in [0.05, 0.1) is 18.5 Å². The van der Waals surface area contributed by atoms with Crippen molar-refractivity contribution in [3.8, 4) is 5.75 Å². The molecule has 4 heteroatoms. The molecule has 0 aliphatic carbocycles. The van der Waals surface area contributed by atoms with Crippen molar-refractivity contribution in [1.29, 1.82) is 0 Å². The summed E-state index contributed by atoms with van der Waals surface area (Å²) in [6, 6.07) is 10.7. The third kappa shape index (κ3) is 2.35. The Labute approximate surface area is 128 Å². The molecular formula is C18H19NO3. The van der Waals surface area contributed by atoms with Crippen LogP contribution in [0.4, 0.5) is 0 Å². The summed E-state index contributed by atoms with van der Waals surface area (Å²) in [5.74, 6) is -0.0645. The lowest BCUT2D eigenvalue weighted by atomic mass is 10.0. The quantitative estimate of drug-likeness (QED) is 0.586. The van der Waals surface area contributed by atoms with Gasteiger partial charge in [-0.05, 0) is 25.3 Å². The Morgan fingerprint density at radius 1 is 1.00 bits per heavy atom. The van der Waals surface area contributed by atoms with Gasteiger partial charge in [0.2, 0.25) is 0 Å². The first-order chi connectivity index (χ1) is 10.7. The first-order valence-electron chi connectivity index (χ1n) is 7.63. The summed E-state index contributed by atoms with van der Waals surface area (Å²) in [7, 11) is 0. The minimum absolute atomic E-state index is 0.0645. The van der Waals surface area contributed by atoms with E-state index in [1.165, 1.54) is 4.90 Å². The molecular weight excluding hydrogens is 278 g/mol. The Kier molecular flexibility index (Phi) is 3.86. The molecule has 1 heterocycles. The number of quaternary nitrogens is 1. The summed E-state index contributed by atoms with van der Waals surface area (Å²) in [6.45, 7) is 6.58. The highest BCUT2D eigenvalue weighted by Crippen LogP contribution is 2.29. The summed E-state index contributed by atoms with van der Waals surface area (Å²) in [4.78, 5) is 13.5. The van der Waals surface area contributed by atoms with Crippen molar-refractivity contribution in [3.05, 3.63) is 52.4 Å². The lowest BCUT2D eigenvalue weighted by Gasteiger charge is -2.20. The summed E-state index contributed by atoms with van der Waals surface area (Å²) in [6.07, 6.45) is 0. The van der Waals surface area contributed by atoms with E-state index in [1.807, 2.05) is 18.2 Å². The second-order valence-electron chi connectivity index (χ2n) is 5.49. The standard InChI is InChI=1S/C18H19NO3/c1-3-19(4-2)11-15-16(20)10-9-13-12-7-5-6-8-14(12)18(21)22-17(13)15/h5-10,20H,3-4,11H2,1-2H3. The minimum Gasteiger partial charge on any atom is -0.872 e. The molecule has 1 aromatic heterocycles. The van der Waals surface area contributed by atoms with Crippen LogP contribution >= 0.6 is 0 Å². The van der Waals surface area contributed by atoms with Crippen LogP contribution in [-0.2, 0) is 6.54 Å². The van der Waals surface area contributed by atoms with E-state index >= 15 is 0 Å². The van der Waals surface area contributed by atoms with Crippen LogP contribution in [0.2, 0.25) is 0 Å². The molecule has 0 radical (unpaired) electrons. The van der Waals surface area contributed by atoms with Crippen LogP contribution in [0.25, 0.3) is 21.7 Å². The van der Waals surface area contributed by atoms with Crippen molar-refractivity contribution >= 4 is 21.7 Å². The molecule has 1 N–H and O–H groups in total. The number of rotatable bonds is 4. The monoisotopic (exact) mass is 297 g/mol. The molecule has 2 aromatic carbocycles. The molecule has 3 rings (SSSR count). The minimum atomic E-state index is -0.385. The van der Waals surface area contributed by atoms with Crippen molar-refractivity contribution in [3.63, 3.8) is 0 Å². The Balaban J connectivity index is 2.32. The molecule has 0 bridgehead atoms. The molecule has 4 nitrogen and oxygen atoms in total. The van der Waals surface area contributed by atoms with Crippen molar-refractivity contribution in [1.82, 2.24) is 0 Å². The van der Waals surface area contributed by atoms with Crippen LogP contribution in [-0.4, -0.2) is 13.1 Å². The summed E-state index contributed by atoms with van der Waals surface area (Å²) in [5, 5.41) is 14.5. The van der Waals surface area contributed by atoms with E-state index in [-0.39, 0.29) is 11.4 Å². The van der Waals surface area contributed by atoms with Crippen molar-refractivity contribution in [2.75, 3.05) is 13.1 Å². The van der Waals surface area contributed by atoms with E-state index in [4.69, 9.17) is 4.42 Å². The Morgan fingerprint density at radius 2 is 1.68 bits per heavy atom. The van der Waals surface area contributed by atoms with Gasteiger partial charge in [0.1, 0.15) is 12.1 Å². The molecule has 22 heavy (non-hydrogen) atoms. The zero-order chi connectivity index (χ0) is 15.7. The second-order valence-corrected chi connectivity index (χ2v) is 5.49. The third-order valence-electron chi connectivity index (χ3n) is 4.28. The predicted octanol–water partition coefficient (Wildman–Crippen LogP) is 1.44. The predicted molar refractivity (Wildman–Crippen MR) is 85.2 cm³/mol. The summed E-state index contributed by atoms with van der Waals surface area (Å²) < 4.78 is 5.51. The van der Waals surface area contributed by atoms with Gasteiger partial charge < -0.3 is 14.4 Å². The second kappa shape index (κ2) is 5.81. The van der Waals surface area contributed by atoms with E-state index in [0.29, 0.717) is 23.1 Å². The maximum Gasteiger partial charge on any atom is 0.344 e. The number of fused-ring (bicyclic) bond motifs is 3. The van der Waals surface area contributed by atoms with Crippen LogP contribution in [0.15, 0.2) is 45.6 Å². The van der Waals surface area contributed by atoms with Crippen LogP contribution in [0.5, 0.6) is 5.75 Å². The van der Waals surface area contributed by atoms with Gasteiger partial charge in [-0.15, -0.1) is 0 Å². The van der Waals surface area contributed by atoms with E-state index in [1.54, 1.807) is 18.2 Å². The fourth-order valence-corrected chi connectivity index (χ4v) is 2.90. The highest BCUT2D eigenvalue weighted by atomic mass is 16.4. The van der Waals surface area contributed by atoms with Crippen molar-refractivity contribution in [2.45, 2.75) is 20.4 Å². The highest BCUT2D eigenvalue weighted by molar-refractivity contribution is 6.05. The molecule has 0 saturated carbocycles. The molecule has 0 aliphatic heterocycles.